The lowest BCUT2D eigenvalue weighted by molar-refractivity contribution is 0.0302. The number of hydrogen-bond acceptors (Lipinski definition) is 5. The summed E-state index contributed by atoms with van der Waals surface area (Å²) in [4.78, 5) is 18.5. The van der Waals surface area contributed by atoms with Crippen molar-refractivity contribution in [1.29, 1.82) is 0 Å². The second-order valence-corrected chi connectivity index (χ2v) is 6.10. The summed E-state index contributed by atoms with van der Waals surface area (Å²) in [7, 11) is 1.90. The molecule has 2 aromatic rings. The maximum atomic E-state index is 12.4. The molecule has 1 fully saturated rings. The Morgan fingerprint density at radius 1 is 1.38 bits per heavy atom. The molecule has 3 rings (SSSR count). The molecule has 0 unspecified atom stereocenters. The number of rotatable bonds is 4. The number of aromatic nitrogens is 3. The van der Waals surface area contributed by atoms with Crippen LogP contribution in [-0.4, -0.2) is 51.9 Å². The van der Waals surface area contributed by atoms with Crippen LogP contribution in [0.5, 0.6) is 0 Å². The molecule has 8 heteroatoms. The highest BCUT2D eigenvalue weighted by Gasteiger charge is 2.19. The molecule has 0 spiro atoms. The number of nitrogens with one attached hydrogen (secondary N) is 1. The fourth-order valence-corrected chi connectivity index (χ4v) is 2.76. The van der Waals surface area contributed by atoms with Crippen LogP contribution < -0.4 is 5.32 Å². The second-order valence-electron chi connectivity index (χ2n) is 5.69. The van der Waals surface area contributed by atoms with Crippen molar-refractivity contribution in [2.45, 2.75) is 13.5 Å². The molecule has 0 saturated carbocycles. The third-order valence-electron chi connectivity index (χ3n) is 4.17. The van der Waals surface area contributed by atoms with Gasteiger partial charge in [0.25, 0.3) is 5.91 Å². The van der Waals surface area contributed by atoms with Crippen LogP contribution in [0.25, 0.3) is 0 Å². The van der Waals surface area contributed by atoms with Crippen LogP contribution in [0.1, 0.15) is 21.6 Å². The quantitative estimate of drug-likeness (QED) is 0.912. The molecule has 1 amide bonds. The molecule has 1 saturated heterocycles. The number of morpholine rings is 1. The topological polar surface area (TPSA) is 72.3 Å². The zero-order valence-electron chi connectivity index (χ0n) is 13.8. The zero-order chi connectivity index (χ0) is 17.1. The Morgan fingerprint density at radius 2 is 2.12 bits per heavy atom. The van der Waals surface area contributed by atoms with Gasteiger partial charge in [-0.3, -0.25) is 9.48 Å². The summed E-state index contributed by atoms with van der Waals surface area (Å²) in [6, 6.07) is 1.66. The van der Waals surface area contributed by atoms with Crippen LogP contribution in [0.15, 0.2) is 18.5 Å². The lowest BCUT2D eigenvalue weighted by Gasteiger charge is -2.26. The van der Waals surface area contributed by atoms with Crippen LogP contribution in [-0.2, 0) is 18.3 Å². The van der Waals surface area contributed by atoms with E-state index in [9.17, 15) is 4.79 Å². The molecule has 128 valence electrons. The van der Waals surface area contributed by atoms with E-state index in [4.69, 9.17) is 16.3 Å². The standard InChI is InChI=1S/C16H20ClN5O2/c1-11-13(10-20-21(11)2)9-19-15-14(17)7-12(8-18-15)16(23)22-3-5-24-6-4-22/h7-8,10H,3-6,9H2,1-2H3,(H,18,19). The third kappa shape index (κ3) is 3.52. The fourth-order valence-electron chi connectivity index (χ4n) is 2.53. The largest absolute Gasteiger partial charge is 0.378 e. The van der Waals surface area contributed by atoms with Crippen molar-refractivity contribution < 1.29 is 9.53 Å². The van der Waals surface area contributed by atoms with E-state index in [1.807, 2.05) is 24.9 Å². The first-order valence-electron chi connectivity index (χ1n) is 7.80. The fraction of sp³-hybridized carbons (Fsp3) is 0.438. The lowest BCUT2D eigenvalue weighted by atomic mass is 10.2. The Hall–Kier alpha value is -2.12. The van der Waals surface area contributed by atoms with E-state index in [0.29, 0.717) is 49.3 Å². The minimum Gasteiger partial charge on any atom is -0.378 e. The molecular weight excluding hydrogens is 330 g/mol. The van der Waals surface area contributed by atoms with Crippen molar-refractivity contribution in [3.63, 3.8) is 0 Å². The molecule has 7 nitrogen and oxygen atoms in total. The predicted molar refractivity (Wildman–Crippen MR) is 91.2 cm³/mol. The predicted octanol–water partition coefficient (Wildman–Crippen LogP) is 1.86. The summed E-state index contributed by atoms with van der Waals surface area (Å²) in [5.74, 6) is 0.487. The van der Waals surface area contributed by atoms with Gasteiger partial charge >= 0.3 is 0 Å². The van der Waals surface area contributed by atoms with Gasteiger partial charge in [0, 0.05) is 44.1 Å². The van der Waals surface area contributed by atoms with E-state index < -0.39 is 0 Å². The number of carbonyl (C=O) groups excluding carboxylic acids is 1. The Bertz CT molecular complexity index is 740. The van der Waals surface area contributed by atoms with Crippen LogP contribution >= 0.6 is 11.6 Å². The molecule has 1 aliphatic rings. The number of amides is 1. The maximum absolute atomic E-state index is 12.4. The third-order valence-corrected chi connectivity index (χ3v) is 4.46. The maximum Gasteiger partial charge on any atom is 0.255 e. The molecule has 0 atom stereocenters. The molecule has 0 radical (unpaired) electrons. The summed E-state index contributed by atoms with van der Waals surface area (Å²) in [5, 5.41) is 7.82. The van der Waals surface area contributed by atoms with Gasteiger partial charge in [-0.05, 0) is 13.0 Å². The van der Waals surface area contributed by atoms with Crippen LogP contribution in [0, 0.1) is 6.92 Å². The van der Waals surface area contributed by atoms with Gasteiger partial charge < -0.3 is 15.0 Å². The molecule has 1 N–H and O–H groups in total. The van der Waals surface area contributed by atoms with Gasteiger partial charge in [0.15, 0.2) is 0 Å². The van der Waals surface area contributed by atoms with Gasteiger partial charge in [-0.2, -0.15) is 5.10 Å². The number of halogens is 1. The number of anilines is 1. The Morgan fingerprint density at radius 3 is 2.75 bits per heavy atom. The molecule has 0 aliphatic carbocycles. The van der Waals surface area contributed by atoms with Gasteiger partial charge in [-0.25, -0.2) is 4.98 Å². The molecule has 1 aliphatic heterocycles. The summed E-state index contributed by atoms with van der Waals surface area (Å²) in [6.45, 7) is 4.90. The molecule has 2 aromatic heterocycles. The lowest BCUT2D eigenvalue weighted by Crippen LogP contribution is -2.40. The first kappa shape index (κ1) is 16.7. The van der Waals surface area contributed by atoms with E-state index in [1.54, 1.807) is 17.2 Å². The highest BCUT2D eigenvalue weighted by Crippen LogP contribution is 2.22. The highest BCUT2D eigenvalue weighted by atomic mass is 35.5. The van der Waals surface area contributed by atoms with E-state index in [2.05, 4.69) is 15.4 Å². The Balaban J connectivity index is 1.68. The van der Waals surface area contributed by atoms with E-state index >= 15 is 0 Å². The highest BCUT2D eigenvalue weighted by molar-refractivity contribution is 6.33. The average molecular weight is 350 g/mol. The monoisotopic (exact) mass is 349 g/mol. The first-order chi connectivity index (χ1) is 11.6. The zero-order valence-corrected chi connectivity index (χ0v) is 14.5. The normalized spacial score (nSPS) is 14.7. The number of aryl methyl sites for hydroxylation is 1. The number of pyridine rings is 1. The molecule has 3 heterocycles. The van der Waals surface area contributed by atoms with E-state index in [0.717, 1.165) is 11.3 Å². The number of hydrogen-bond donors (Lipinski definition) is 1. The van der Waals surface area contributed by atoms with Crippen molar-refractivity contribution in [2.24, 2.45) is 7.05 Å². The van der Waals surface area contributed by atoms with E-state index in [1.165, 1.54) is 0 Å². The van der Waals surface area contributed by atoms with Gasteiger partial charge in [0.1, 0.15) is 5.82 Å². The summed E-state index contributed by atoms with van der Waals surface area (Å²) >= 11 is 6.28. The molecular formula is C16H20ClN5O2. The molecule has 24 heavy (non-hydrogen) atoms. The summed E-state index contributed by atoms with van der Waals surface area (Å²) in [5.41, 5.74) is 2.64. The average Bonchev–Trinajstić information content (AvgIpc) is 2.92. The summed E-state index contributed by atoms with van der Waals surface area (Å²) in [6.07, 6.45) is 3.37. The van der Waals surface area contributed by atoms with Crippen molar-refractivity contribution >= 4 is 23.3 Å². The van der Waals surface area contributed by atoms with Gasteiger partial charge in [-0.15, -0.1) is 0 Å². The summed E-state index contributed by atoms with van der Waals surface area (Å²) < 4.78 is 7.08. The van der Waals surface area contributed by atoms with Crippen LogP contribution in [0.2, 0.25) is 5.02 Å². The first-order valence-corrected chi connectivity index (χ1v) is 8.18. The number of ether oxygens (including phenoxy) is 1. The Kier molecular flexibility index (Phi) is 5.01. The minimum absolute atomic E-state index is 0.0673. The molecule has 0 aromatic carbocycles. The minimum atomic E-state index is -0.0673. The Labute approximate surface area is 145 Å². The smallest absolute Gasteiger partial charge is 0.255 e. The van der Waals surface area contributed by atoms with Gasteiger partial charge in [0.05, 0.1) is 30.0 Å². The van der Waals surface area contributed by atoms with E-state index in [-0.39, 0.29) is 5.91 Å². The van der Waals surface area contributed by atoms with Crippen molar-refractivity contribution in [3.05, 3.63) is 40.3 Å². The second kappa shape index (κ2) is 7.19. The SMILES string of the molecule is Cc1c(CNc2ncc(C(=O)N3CCOCC3)cc2Cl)cnn1C. The van der Waals surface area contributed by atoms with Crippen molar-refractivity contribution in [3.8, 4) is 0 Å². The number of carbonyl (C=O) groups is 1. The van der Waals surface area contributed by atoms with Crippen molar-refractivity contribution in [2.75, 3.05) is 31.6 Å². The van der Waals surface area contributed by atoms with Crippen molar-refractivity contribution in [1.82, 2.24) is 19.7 Å². The van der Waals surface area contributed by atoms with Crippen LogP contribution in [0.4, 0.5) is 5.82 Å². The van der Waals surface area contributed by atoms with Crippen LogP contribution in [0.3, 0.4) is 0 Å². The number of nitrogens with zero attached hydrogens (tertiary/aromatic N) is 4. The van der Waals surface area contributed by atoms with Gasteiger partial charge in [0.2, 0.25) is 0 Å². The molecule has 0 bridgehead atoms. The van der Waals surface area contributed by atoms with Gasteiger partial charge in [-0.1, -0.05) is 11.6 Å².